The smallest absolute Gasteiger partial charge is 0.135 e. The maximum atomic E-state index is 6.42. The SMILES string of the molecule is Clc1cccc(-c2c(Oc3cccc(Oc4ccccc4)c3)cccc2-c2ccccc2)c1. The summed E-state index contributed by atoms with van der Waals surface area (Å²) in [5, 5.41) is 0.680. The summed E-state index contributed by atoms with van der Waals surface area (Å²) in [5.41, 5.74) is 4.17. The first-order chi connectivity index (χ1) is 16.3. The highest BCUT2D eigenvalue weighted by Crippen LogP contribution is 2.42. The van der Waals surface area contributed by atoms with Gasteiger partial charge in [0, 0.05) is 16.7 Å². The van der Waals surface area contributed by atoms with E-state index in [4.69, 9.17) is 21.1 Å². The van der Waals surface area contributed by atoms with Crippen LogP contribution in [0.1, 0.15) is 0 Å². The minimum Gasteiger partial charge on any atom is -0.457 e. The molecule has 5 rings (SSSR count). The number of ether oxygens (including phenoxy) is 2. The Hall–Kier alpha value is -4.01. The lowest BCUT2D eigenvalue weighted by molar-refractivity contribution is 0.461. The van der Waals surface area contributed by atoms with Gasteiger partial charge < -0.3 is 9.47 Å². The standard InChI is InChI=1S/C30H21ClO2/c31-24-13-7-12-23(20-24)30-28(22-10-3-1-4-11-22)18-9-19-29(30)33-27-17-8-16-26(21-27)32-25-14-5-2-6-15-25/h1-21H. The topological polar surface area (TPSA) is 18.5 Å². The molecule has 0 aromatic heterocycles. The molecule has 0 atom stereocenters. The number of hydrogen-bond donors (Lipinski definition) is 0. The number of benzene rings is 5. The molecule has 0 heterocycles. The van der Waals surface area contributed by atoms with Gasteiger partial charge in [-0.3, -0.25) is 0 Å². The molecule has 0 radical (unpaired) electrons. The van der Waals surface area contributed by atoms with E-state index in [1.807, 2.05) is 103 Å². The van der Waals surface area contributed by atoms with E-state index in [2.05, 4.69) is 24.3 Å². The third-order valence-electron chi connectivity index (χ3n) is 5.24. The van der Waals surface area contributed by atoms with Gasteiger partial charge in [0.1, 0.15) is 23.0 Å². The summed E-state index contributed by atoms with van der Waals surface area (Å²) in [7, 11) is 0. The molecule has 3 heteroatoms. The van der Waals surface area contributed by atoms with Crippen LogP contribution in [-0.4, -0.2) is 0 Å². The van der Waals surface area contributed by atoms with Crippen molar-refractivity contribution >= 4 is 11.6 Å². The second-order valence-corrected chi connectivity index (χ2v) is 7.98. The molecule has 0 fully saturated rings. The van der Waals surface area contributed by atoms with Crippen LogP contribution in [0.3, 0.4) is 0 Å². The fourth-order valence-electron chi connectivity index (χ4n) is 3.77. The second-order valence-electron chi connectivity index (χ2n) is 7.55. The Bertz CT molecular complexity index is 1360. The molecule has 0 spiro atoms. The summed E-state index contributed by atoms with van der Waals surface area (Å²) in [5.74, 6) is 2.93. The van der Waals surface area contributed by atoms with Crippen molar-refractivity contribution in [2.45, 2.75) is 0 Å². The van der Waals surface area contributed by atoms with Crippen LogP contribution in [0.25, 0.3) is 22.3 Å². The monoisotopic (exact) mass is 448 g/mol. The molecule has 0 N–H and O–H groups in total. The molecule has 33 heavy (non-hydrogen) atoms. The summed E-state index contributed by atoms with van der Waals surface area (Å²) < 4.78 is 12.4. The van der Waals surface area contributed by atoms with Gasteiger partial charge in [0.15, 0.2) is 0 Å². The predicted octanol–water partition coefficient (Wildman–Crippen LogP) is 9.26. The zero-order valence-electron chi connectivity index (χ0n) is 17.8. The number of para-hydroxylation sites is 1. The van der Waals surface area contributed by atoms with Crippen molar-refractivity contribution in [2.75, 3.05) is 0 Å². The fourth-order valence-corrected chi connectivity index (χ4v) is 3.96. The van der Waals surface area contributed by atoms with Crippen molar-refractivity contribution in [1.29, 1.82) is 0 Å². The quantitative estimate of drug-likeness (QED) is 0.257. The van der Waals surface area contributed by atoms with E-state index < -0.39 is 0 Å². The van der Waals surface area contributed by atoms with Crippen LogP contribution >= 0.6 is 11.6 Å². The molecule has 5 aromatic rings. The highest BCUT2D eigenvalue weighted by Gasteiger charge is 2.15. The van der Waals surface area contributed by atoms with Crippen LogP contribution in [-0.2, 0) is 0 Å². The van der Waals surface area contributed by atoms with E-state index in [9.17, 15) is 0 Å². The summed E-state index contributed by atoms with van der Waals surface area (Å²) in [6, 6.07) is 41.6. The molecule has 0 unspecified atom stereocenters. The maximum Gasteiger partial charge on any atom is 0.135 e. The van der Waals surface area contributed by atoms with Gasteiger partial charge in [-0.2, -0.15) is 0 Å². The second kappa shape index (κ2) is 9.64. The molecule has 0 aliphatic carbocycles. The fraction of sp³-hybridized carbons (Fsp3) is 0. The van der Waals surface area contributed by atoms with Gasteiger partial charge >= 0.3 is 0 Å². The third-order valence-corrected chi connectivity index (χ3v) is 5.47. The zero-order chi connectivity index (χ0) is 22.5. The van der Waals surface area contributed by atoms with Crippen LogP contribution < -0.4 is 9.47 Å². The Kier molecular flexibility index (Phi) is 6.10. The van der Waals surface area contributed by atoms with Crippen LogP contribution in [0.2, 0.25) is 5.02 Å². The van der Waals surface area contributed by atoms with Gasteiger partial charge in [-0.1, -0.05) is 90.5 Å². The van der Waals surface area contributed by atoms with Crippen molar-refractivity contribution in [2.24, 2.45) is 0 Å². The van der Waals surface area contributed by atoms with Crippen molar-refractivity contribution in [3.05, 3.63) is 132 Å². The molecular weight excluding hydrogens is 428 g/mol. The summed E-state index contributed by atoms with van der Waals surface area (Å²) in [6.45, 7) is 0. The minimum absolute atomic E-state index is 0.680. The van der Waals surface area contributed by atoms with E-state index in [0.717, 1.165) is 33.8 Å². The van der Waals surface area contributed by atoms with Gasteiger partial charge in [-0.05, 0) is 59.2 Å². The molecule has 160 valence electrons. The van der Waals surface area contributed by atoms with Crippen molar-refractivity contribution < 1.29 is 9.47 Å². The predicted molar refractivity (Wildman–Crippen MR) is 135 cm³/mol. The summed E-state index contributed by atoms with van der Waals surface area (Å²) in [4.78, 5) is 0. The normalized spacial score (nSPS) is 10.6. The number of halogens is 1. The number of rotatable bonds is 6. The van der Waals surface area contributed by atoms with Gasteiger partial charge in [-0.25, -0.2) is 0 Å². The lowest BCUT2D eigenvalue weighted by Gasteiger charge is -2.17. The highest BCUT2D eigenvalue weighted by molar-refractivity contribution is 6.30. The number of hydrogen-bond acceptors (Lipinski definition) is 2. The van der Waals surface area contributed by atoms with Gasteiger partial charge in [0.05, 0.1) is 0 Å². The Balaban J connectivity index is 1.56. The lowest BCUT2D eigenvalue weighted by atomic mass is 9.93. The molecule has 0 aliphatic heterocycles. The van der Waals surface area contributed by atoms with Gasteiger partial charge in [0.2, 0.25) is 0 Å². The molecule has 0 amide bonds. The van der Waals surface area contributed by atoms with Crippen LogP contribution in [0, 0.1) is 0 Å². The highest BCUT2D eigenvalue weighted by atomic mass is 35.5. The van der Waals surface area contributed by atoms with Gasteiger partial charge in [-0.15, -0.1) is 0 Å². The molecule has 2 nitrogen and oxygen atoms in total. The minimum atomic E-state index is 0.680. The van der Waals surface area contributed by atoms with Crippen LogP contribution in [0.4, 0.5) is 0 Å². The lowest BCUT2D eigenvalue weighted by Crippen LogP contribution is -1.93. The molecule has 5 aromatic carbocycles. The molecule has 0 aliphatic rings. The van der Waals surface area contributed by atoms with E-state index in [1.165, 1.54) is 0 Å². The van der Waals surface area contributed by atoms with E-state index >= 15 is 0 Å². The third kappa shape index (κ3) is 4.92. The molecule has 0 bridgehead atoms. The van der Waals surface area contributed by atoms with Crippen molar-refractivity contribution in [3.63, 3.8) is 0 Å². The van der Waals surface area contributed by atoms with Crippen molar-refractivity contribution in [3.8, 4) is 45.3 Å². The Morgan fingerprint density at radius 1 is 0.455 bits per heavy atom. The van der Waals surface area contributed by atoms with Crippen molar-refractivity contribution in [1.82, 2.24) is 0 Å². The Morgan fingerprint density at radius 3 is 1.82 bits per heavy atom. The first kappa shape index (κ1) is 20.9. The zero-order valence-corrected chi connectivity index (χ0v) is 18.6. The average Bonchev–Trinajstić information content (AvgIpc) is 2.85. The van der Waals surface area contributed by atoms with Gasteiger partial charge in [0.25, 0.3) is 0 Å². The van der Waals surface area contributed by atoms with E-state index in [0.29, 0.717) is 16.5 Å². The van der Waals surface area contributed by atoms with Crippen LogP contribution in [0.5, 0.6) is 23.0 Å². The summed E-state index contributed by atoms with van der Waals surface area (Å²) >= 11 is 6.35. The molecular formula is C30H21ClO2. The average molecular weight is 449 g/mol. The van der Waals surface area contributed by atoms with E-state index in [1.54, 1.807) is 0 Å². The maximum absolute atomic E-state index is 6.42. The van der Waals surface area contributed by atoms with E-state index in [-0.39, 0.29) is 0 Å². The van der Waals surface area contributed by atoms with Crippen LogP contribution in [0.15, 0.2) is 127 Å². The largest absolute Gasteiger partial charge is 0.457 e. The molecule has 0 saturated carbocycles. The molecule has 0 saturated heterocycles. The summed E-state index contributed by atoms with van der Waals surface area (Å²) in [6.07, 6.45) is 0. The first-order valence-electron chi connectivity index (χ1n) is 10.7. The first-order valence-corrected chi connectivity index (χ1v) is 11.1. The Morgan fingerprint density at radius 2 is 1.06 bits per heavy atom. The Labute approximate surface area is 198 Å².